The molecule has 29 heavy (non-hydrogen) atoms. The molecule has 2 aliphatic rings. The van der Waals surface area contributed by atoms with Gasteiger partial charge in [0.1, 0.15) is 29.5 Å². The molecule has 8 nitrogen and oxygen atoms in total. The first kappa shape index (κ1) is 17.9. The van der Waals surface area contributed by atoms with Crippen molar-refractivity contribution >= 4 is 5.91 Å². The molecule has 0 saturated carbocycles. The Morgan fingerprint density at radius 1 is 1.21 bits per heavy atom. The number of nitrogens with zero attached hydrogens (tertiary/aromatic N) is 5. The monoisotopic (exact) mass is 393 g/mol. The second-order valence-electron chi connectivity index (χ2n) is 7.66. The third-order valence-electron chi connectivity index (χ3n) is 5.92. The fraction of sp³-hybridized carbons (Fsp3) is 0.381. The standard InChI is InChI=1S/C21H23N5O3/c1-24-17(7-9-23-24)20(27)25-10-8-21(13-25)14-26-18(11-22-19(26)12-29-21)15-3-5-16(28-2)6-4-15/h3-7,9,11H,8,10,12-14H2,1-2H3/t21-/m1/s1. The number of hydrogen-bond donors (Lipinski definition) is 0. The number of likely N-dealkylation sites (tertiary alicyclic amines) is 1. The maximum Gasteiger partial charge on any atom is 0.272 e. The van der Waals surface area contributed by atoms with E-state index in [1.807, 2.05) is 35.4 Å². The molecule has 1 saturated heterocycles. The maximum atomic E-state index is 12.9. The first-order valence-corrected chi connectivity index (χ1v) is 9.69. The van der Waals surface area contributed by atoms with Crippen molar-refractivity contribution < 1.29 is 14.3 Å². The van der Waals surface area contributed by atoms with E-state index in [0.717, 1.165) is 29.3 Å². The molecule has 1 atom stereocenters. The Hall–Kier alpha value is -3.13. The Morgan fingerprint density at radius 3 is 2.76 bits per heavy atom. The molecule has 1 amide bonds. The molecule has 1 fully saturated rings. The van der Waals surface area contributed by atoms with Crippen LogP contribution in [0, 0.1) is 0 Å². The molecule has 0 radical (unpaired) electrons. The van der Waals surface area contributed by atoms with Crippen LogP contribution < -0.4 is 4.74 Å². The van der Waals surface area contributed by atoms with Crippen LogP contribution in [0.4, 0.5) is 0 Å². The van der Waals surface area contributed by atoms with Gasteiger partial charge in [-0.3, -0.25) is 9.48 Å². The van der Waals surface area contributed by atoms with Crippen molar-refractivity contribution in [2.24, 2.45) is 7.05 Å². The molecule has 3 aromatic rings. The Kier molecular flexibility index (Phi) is 4.16. The molecule has 1 spiro atoms. The second-order valence-corrected chi connectivity index (χ2v) is 7.66. The van der Waals surface area contributed by atoms with E-state index in [9.17, 15) is 4.79 Å². The summed E-state index contributed by atoms with van der Waals surface area (Å²) >= 11 is 0. The Labute approximate surface area is 168 Å². The first-order valence-electron chi connectivity index (χ1n) is 9.69. The smallest absolute Gasteiger partial charge is 0.272 e. The zero-order valence-electron chi connectivity index (χ0n) is 16.5. The fourth-order valence-electron chi connectivity index (χ4n) is 4.26. The van der Waals surface area contributed by atoms with Gasteiger partial charge in [0.05, 0.1) is 32.1 Å². The highest BCUT2D eigenvalue weighted by Gasteiger charge is 2.45. The van der Waals surface area contributed by atoms with E-state index in [-0.39, 0.29) is 11.5 Å². The molecule has 0 aliphatic carbocycles. The van der Waals surface area contributed by atoms with Crippen LogP contribution in [-0.4, -0.2) is 55.9 Å². The topological polar surface area (TPSA) is 74.4 Å². The SMILES string of the molecule is COc1ccc(-c2cnc3n2C[C@]2(CCN(C(=O)c4ccnn4C)C2)OC3)cc1. The number of rotatable bonds is 3. The minimum absolute atomic E-state index is 0.00252. The van der Waals surface area contributed by atoms with Gasteiger partial charge in [0, 0.05) is 25.4 Å². The summed E-state index contributed by atoms with van der Waals surface area (Å²) in [5, 5.41) is 4.11. The normalized spacial score (nSPS) is 20.8. The van der Waals surface area contributed by atoms with Gasteiger partial charge in [-0.15, -0.1) is 0 Å². The largest absolute Gasteiger partial charge is 0.497 e. The van der Waals surface area contributed by atoms with Crippen LogP contribution in [0.3, 0.4) is 0 Å². The lowest BCUT2D eigenvalue weighted by atomic mass is 10.0. The zero-order chi connectivity index (χ0) is 20.0. The predicted octanol–water partition coefficient (Wildman–Crippen LogP) is 2.11. The van der Waals surface area contributed by atoms with Crippen LogP contribution in [-0.2, 0) is 24.9 Å². The molecule has 5 rings (SSSR count). The second kappa shape index (κ2) is 6.73. The van der Waals surface area contributed by atoms with Gasteiger partial charge in [0.25, 0.3) is 5.91 Å². The molecule has 1 aromatic carbocycles. The number of imidazole rings is 1. The van der Waals surface area contributed by atoms with Crippen molar-refractivity contribution in [3.8, 4) is 17.0 Å². The van der Waals surface area contributed by atoms with Gasteiger partial charge < -0.3 is 18.9 Å². The number of aryl methyl sites for hydroxylation is 1. The highest BCUT2D eigenvalue weighted by molar-refractivity contribution is 5.92. The summed E-state index contributed by atoms with van der Waals surface area (Å²) in [7, 11) is 3.45. The summed E-state index contributed by atoms with van der Waals surface area (Å²) in [5.74, 6) is 1.74. The lowest BCUT2D eigenvalue weighted by Gasteiger charge is -2.35. The summed E-state index contributed by atoms with van der Waals surface area (Å²) in [6, 6.07) is 9.74. The third-order valence-corrected chi connectivity index (χ3v) is 5.92. The number of aromatic nitrogens is 4. The van der Waals surface area contributed by atoms with E-state index >= 15 is 0 Å². The summed E-state index contributed by atoms with van der Waals surface area (Å²) in [6.45, 7) is 2.37. The first-order chi connectivity index (χ1) is 14.1. The summed E-state index contributed by atoms with van der Waals surface area (Å²) in [4.78, 5) is 19.3. The van der Waals surface area contributed by atoms with E-state index in [1.54, 1.807) is 31.1 Å². The molecular formula is C21H23N5O3. The number of carbonyl (C=O) groups is 1. The Balaban J connectivity index is 1.39. The number of hydrogen-bond acceptors (Lipinski definition) is 5. The van der Waals surface area contributed by atoms with Crippen molar-refractivity contribution in [1.29, 1.82) is 0 Å². The number of methoxy groups -OCH3 is 1. The number of ether oxygens (including phenoxy) is 2. The van der Waals surface area contributed by atoms with Crippen LogP contribution in [0.2, 0.25) is 0 Å². The molecule has 2 aliphatic heterocycles. The number of carbonyl (C=O) groups excluding carboxylic acids is 1. The van der Waals surface area contributed by atoms with Gasteiger partial charge in [0.2, 0.25) is 0 Å². The molecule has 2 aromatic heterocycles. The van der Waals surface area contributed by atoms with E-state index in [0.29, 0.717) is 31.9 Å². The summed E-state index contributed by atoms with van der Waals surface area (Å²) in [5.41, 5.74) is 2.35. The van der Waals surface area contributed by atoms with Crippen LogP contribution in [0.25, 0.3) is 11.3 Å². The Morgan fingerprint density at radius 2 is 2.03 bits per heavy atom. The van der Waals surface area contributed by atoms with Crippen LogP contribution >= 0.6 is 0 Å². The van der Waals surface area contributed by atoms with Gasteiger partial charge in [0.15, 0.2) is 0 Å². The van der Waals surface area contributed by atoms with Gasteiger partial charge in [-0.05, 0) is 36.8 Å². The van der Waals surface area contributed by atoms with Crippen molar-refractivity contribution in [3.05, 3.63) is 54.2 Å². The number of benzene rings is 1. The van der Waals surface area contributed by atoms with Gasteiger partial charge in [-0.1, -0.05) is 0 Å². The van der Waals surface area contributed by atoms with E-state index in [2.05, 4.69) is 14.6 Å². The van der Waals surface area contributed by atoms with Crippen molar-refractivity contribution in [3.63, 3.8) is 0 Å². The molecule has 0 unspecified atom stereocenters. The highest BCUT2D eigenvalue weighted by atomic mass is 16.5. The lowest BCUT2D eigenvalue weighted by molar-refractivity contribution is -0.0805. The minimum atomic E-state index is -0.386. The maximum absolute atomic E-state index is 12.9. The summed E-state index contributed by atoms with van der Waals surface area (Å²) < 4.78 is 15.4. The lowest BCUT2D eigenvalue weighted by Crippen LogP contribution is -2.45. The quantitative estimate of drug-likeness (QED) is 0.681. The van der Waals surface area contributed by atoms with E-state index < -0.39 is 0 Å². The van der Waals surface area contributed by atoms with E-state index in [1.165, 1.54) is 0 Å². The predicted molar refractivity (Wildman–Crippen MR) is 105 cm³/mol. The van der Waals surface area contributed by atoms with Crippen molar-refractivity contribution in [1.82, 2.24) is 24.2 Å². The van der Waals surface area contributed by atoms with Gasteiger partial charge in [-0.25, -0.2) is 4.98 Å². The molecule has 4 heterocycles. The van der Waals surface area contributed by atoms with Crippen LogP contribution in [0.5, 0.6) is 5.75 Å². The molecule has 150 valence electrons. The van der Waals surface area contributed by atoms with Crippen LogP contribution in [0.15, 0.2) is 42.7 Å². The molecule has 0 N–H and O–H groups in total. The molecule has 0 bridgehead atoms. The van der Waals surface area contributed by atoms with Crippen molar-refractivity contribution in [2.75, 3.05) is 20.2 Å². The average molecular weight is 393 g/mol. The van der Waals surface area contributed by atoms with Gasteiger partial charge >= 0.3 is 0 Å². The minimum Gasteiger partial charge on any atom is -0.497 e. The number of fused-ring (bicyclic) bond motifs is 1. The van der Waals surface area contributed by atoms with E-state index in [4.69, 9.17) is 9.47 Å². The van der Waals surface area contributed by atoms with Gasteiger partial charge in [-0.2, -0.15) is 5.10 Å². The highest BCUT2D eigenvalue weighted by Crippen LogP contribution is 2.35. The van der Waals surface area contributed by atoms with Crippen molar-refractivity contribution in [2.45, 2.75) is 25.2 Å². The molecule has 8 heteroatoms. The Bertz CT molecular complexity index is 1050. The zero-order valence-corrected chi connectivity index (χ0v) is 16.5. The summed E-state index contributed by atoms with van der Waals surface area (Å²) in [6.07, 6.45) is 4.35. The molecular weight excluding hydrogens is 370 g/mol. The fourth-order valence-corrected chi connectivity index (χ4v) is 4.26. The third kappa shape index (κ3) is 3.00. The van der Waals surface area contributed by atoms with Crippen LogP contribution in [0.1, 0.15) is 22.7 Å². The average Bonchev–Trinajstić information content (AvgIpc) is 3.46. The number of amides is 1.